The van der Waals surface area contributed by atoms with Gasteiger partial charge in [-0.1, -0.05) is 6.92 Å². The zero-order chi connectivity index (χ0) is 10.6. The summed E-state index contributed by atoms with van der Waals surface area (Å²) in [5, 5.41) is 10.1. The van der Waals surface area contributed by atoms with Crippen LogP contribution in [-0.2, 0) is 9.47 Å². The molecule has 3 unspecified atom stereocenters. The van der Waals surface area contributed by atoms with E-state index in [-0.39, 0.29) is 17.6 Å². The summed E-state index contributed by atoms with van der Waals surface area (Å²) in [4.78, 5) is 0. The summed E-state index contributed by atoms with van der Waals surface area (Å²) in [5.41, 5.74) is -0.326. The van der Waals surface area contributed by atoms with Crippen molar-refractivity contribution < 1.29 is 14.6 Å². The Bertz CT molecular complexity index is 164. The number of hydrogen-bond acceptors (Lipinski definition) is 3. The number of aliphatic hydroxyl groups excluding tert-OH is 1. The maximum absolute atomic E-state index is 10.1. The van der Waals surface area contributed by atoms with Crippen molar-refractivity contribution in [2.75, 3.05) is 20.3 Å². The van der Waals surface area contributed by atoms with Gasteiger partial charge in [-0.05, 0) is 32.1 Å². The molecular weight excluding hydrogens is 180 g/mol. The van der Waals surface area contributed by atoms with E-state index in [1.807, 2.05) is 6.92 Å². The van der Waals surface area contributed by atoms with E-state index < -0.39 is 0 Å². The third-order valence-electron chi connectivity index (χ3n) is 3.19. The average Bonchev–Trinajstić information content (AvgIpc) is 2.61. The van der Waals surface area contributed by atoms with Crippen molar-refractivity contribution in [1.82, 2.24) is 0 Å². The monoisotopic (exact) mass is 202 g/mol. The van der Waals surface area contributed by atoms with Crippen LogP contribution >= 0.6 is 0 Å². The average molecular weight is 202 g/mol. The first-order chi connectivity index (χ1) is 6.60. The van der Waals surface area contributed by atoms with E-state index >= 15 is 0 Å². The minimum atomic E-state index is -0.375. The van der Waals surface area contributed by atoms with Crippen LogP contribution in [0.3, 0.4) is 0 Å². The van der Waals surface area contributed by atoms with E-state index in [1.54, 1.807) is 7.11 Å². The largest absolute Gasteiger partial charge is 0.390 e. The topological polar surface area (TPSA) is 38.7 Å². The molecule has 14 heavy (non-hydrogen) atoms. The van der Waals surface area contributed by atoms with Gasteiger partial charge in [0, 0.05) is 20.3 Å². The molecule has 0 spiro atoms. The van der Waals surface area contributed by atoms with Gasteiger partial charge in [0.1, 0.15) is 0 Å². The highest BCUT2D eigenvalue weighted by Gasteiger charge is 2.39. The first-order valence-electron chi connectivity index (χ1n) is 5.41. The second kappa shape index (κ2) is 5.10. The molecule has 0 bridgehead atoms. The molecule has 1 saturated heterocycles. The Labute approximate surface area is 86.4 Å². The fourth-order valence-corrected chi connectivity index (χ4v) is 2.10. The van der Waals surface area contributed by atoms with Crippen molar-refractivity contribution >= 4 is 0 Å². The number of rotatable bonds is 5. The van der Waals surface area contributed by atoms with Crippen LogP contribution in [0.1, 0.15) is 33.1 Å². The lowest BCUT2D eigenvalue weighted by Gasteiger charge is -2.33. The lowest BCUT2D eigenvalue weighted by Crippen LogP contribution is -2.43. The lowest BCUT2D eigenvalue weighted by atomic mass is 9.86. The molecule has 3 atom stereocenters. The summed E-state index contributed by atoms with van der Waals surface area (Å²) in [6.07, 6.45) is 2.53. The van der Waals surface area contributed by atoms with E-state index in [0.717, 1.165) is 25.9 Å². The molecule has 1 fully saturated rings. The first kappa shape index (κ1) is 12.0. The SMILES string of the molecule is COCCC(C)C(O)C1(C)CCCO1. The predicted molar refractivity (Wildman–Crippen MR) is 55.3 cm³/mol. The molecule has 0 amide bonds. The van der Waals surface area contributed by atoms with E-state index in [1.165, 1.54) is 0 Å². The van der Waals surface area contributed by atoms with Crippen LogP contribution in [0.15, 0.2) is 0 Å². The highest BCUT2D eigenvalue weighted by Crippen LogP contribution is 2.32. The van der Waals surface area contributed by atoms with Gasteiger partial charge in [0.05, 0.1) is 11.7 Å². The molecule has 1 N–H and O–H groups in total. The summed E-state index contributed by atoms with van der Waals surface area (Å²) < 4.78 is 10.6. The molecule has 84 valence electrons. The second-order valence-electron chi connectivity index (χ2n) is 4.47. The minimum Gasteiger partial charge on any atom is -0.390 e. The normalized spacial score (nSPS) is 31.7. The number of ether oxygens (including phenoxy) is 2. The predicted octanol–water partition coefficient (Wildman–Crippen LogP) is 1.59. The molecule has 3 nitrogen and oxygen atoms in total. The molecule has 1 rings (SSSR count). The van der Waals surface area contributed by atoms with E-state index in [2.05, 4.69) is 6.92 Å². The van der Waals surface area contributed by atoms with Crippen LogP contribution in [0.25, 0.3) is 0 Å². The van der Waals surface area contributed by atoms with Crippen molar-refractivity contribution in [1.29, 1.82) is 0 Å². The van der Waals surface area contributed by atoms with Gasteiger partial charge in [-0.15, -0.1) is 0 Å². The molecule has 1 heterocycles. The maximum atomic E-state index is 10.1. The van der Waals surface area contributed by atoms with Crippen LogP contribution in [0.4, 0.5) is 0 Å². The molecule has 3 heteroatoms. The Hall–Kier alpha value is -0.120. The quantitative estimate of drug-likeness (QED) is 0.735. The highest BCUT2D eigenvalue weighted by molar-refractivity contribution is 4.90. The summed E-state index contributed by atoms with van der Waals surface area (Å²) in [5.74, 6) is 0.234. The van der Waals surface area contributed by atoms with Crippen molar-refractivity contribution in [3.05, 3.63) is 0 Å². The molecule has 0 aromatic rings. The van der Waals surface area contributed by atoms with Crippen LogP contribution < -0.4 is 0 Å². The van der Waals surface area contributed by atoms with Crippen LogP contribution in [0, 0.1) is 5.92 Å². The first-order valence-corrected chi connectivity index (χ1v) is 5.41. The molecule has 0 saturated carbocycles. The molecule has 1 aliphatic heterocycles. The van der Waals surface area contributed by atoms with Gasteiger partial charge in [-0.2, -0.15) is 0 Å². The molecular formula is C11H22O3. The fraction of sp³-hybridized carbons (Fsp3) is 1.00. The van der Waals surface area contributed by atoms with Gasteiger partial charge >= 0.3 is 0 Å². The summed E-state index contributed by atoms with van der Waals surface area (Å²) >= 11 is 0. The van der Waals surface area contributed by atoms with E-state index in [9.17, 15) is 5.11 Å². The zero-order valence-electron chi connectivity index (χ0n) is 9.45. The minimum absolute atomic E-state index is 0.234. The van der Waals surface area contributed by atoms with E-state index in [4.69, 9.17) is 9.47 Å². The Balaban J connectivity index is 2.41. The van der Waals surface area contributed by atoms with Crippen molar-refractivity contribution in [3.8, 4) is 0 Å². The summed E-state index contributed by atoms with van der Waals surface area (Å²) in [6, 6.07) is 0. The summed E-state index contributed by atoms with van der Waals surface area (Å²) in [7, 11) is 1.69. The maximum Gasteiger partial charge on any atom is 0.0915 e. The summed E-state index contributed by atoms with van der Waals surface area (Å²) in [6.45, 7) is 5.55. The van der Waals surface area contributed by atoms with Crippen LogP contribution in [0.2, 0.25) is 0 Å². The van der Waals surface area contributed by atoms with Crippen LogP contribution in [-0.4, -0.2) is 37.1 Å². The van der Waals surface area contributed by atoms with Crippen LogP contribution in [0.5, 0.6) is 0 Å². The molecule has 1 aliphatic rings. The third kappa shape index (κ3) is 2.69. The van der Waals surface area contributed by atoms with Gasteiger partial charge in [-0.25, -0.2) is 0 Å². The van der Waals surface area contributed by atoms with Crippen molar-refractivity contribution in [2.24, 2.45) is 5.92 Å². The Morgan fingerprint density at radius 2 is 2.29 bits per heavy atom. The van der Waals surface area contributed by atoms with Gasteiger partial charge in [0.2, 0.25) is 0 Å². The number of hydrogen-bond donors (Lipinski definition) is 1. The van der Waals surface area contributed by atoms with Crippen molar-refractivity contribution in [2.45, 2.75) is 44.8 Å². The van der Waals surface area contributed by atoms with Gasteiger partial charge in [0.25, 0.3) is 0 Å². The standard InChI is InChI=1S/C11H22O3/c1-9(5-8-13-3)10(12)11(2)6-4-7-14-11/h9-10,12H,4-8H2,1-3H3. The smallest absolute Gasteiger partial charge is 0.0915 e. The Morgan fingerprint density at radius 1 is 1.57 bits per heavy atom. The highest BCUT2D eigenvalue weighted by atomic mass is 16.5. The second-order valence-corrected chi connectivity index (χ2v) is 4.47. The van der Waals surface area contributed by atoms with Crippen molar-refractivity contribution in [3.63, 3.8) is 0 Å². The molecule has 0 aliphatic carbocycles. The van der Waals surface area contributed by atoms with Gasteiger partial charge in [-0.3, -0.25) is 0 Å². The van der Waals surface area contributed by atoms with Gasteiger partial charge in [0.15, 0.2) is 0 Å². The Kier molecular flexibility index (Phi) is 4.35. The van der Waals surface area contributed by atoms with Gasteiger partial charge < -0.3 is 14.6 Å². The number of aliphatic hydroxyl groups is 1. The molecule has 0 aromatic heterocycles. The lowest BCUT2D eigenvalue weighted by molar-refractivity contribution is -0.101. The fourth-order valence-electron chi connectivity index (χ4n) is 2.10. The number of methoxy groups -OCH3 is 1. The Morgan fingerprint density at radius 3 is 2.79 bits per heavy atom. The third-order valence-corrected chi connectivity index (χ3v) is 3.19. The zero-order valence-corrected chi connectivity index (χ0v) is 9.45. The molecule has 0 aromatic carbocycles. The van der Waals surface area contributed by atoms with E-state index in [0.29, 0.717) is 6.61 Å². The molecule has 0 radical (unpaired) electrons.